The van der Waals surface area contributed by atoms with Gasteiger partial charge in [0, 0.05) is 44.5 Å². The van der Waals surface area contributed by atoms with Gasteiger partial charge >= 0.3 is 6.01 Å². The van der Waals surface area contributed by atoms with Crippen molar-refractivity contribution in [1.82, 2.24) is 19.8 Å². The molecule has 2 amide bonds. The Morgan fingerprint density at radius 2 is 1.93 bits per heavy atom. The summed E-state index contributed by atoms with van der Waals surface area (Å²) in [5.74, 6) is -0.0857. The Morgan fingerprint density at radius 3 is 2.56 bits per heavy atom. The molecule has 0 aliphatic carbocycles. The van der Waals surface area contributed by atoms with Crippen molar-refractivity contribution in [2.45, 2.75) is 32.4 Å². The first-order valence-electron chi connectivity index (χ1n) is 9.11. The van der Waals surface area contributed by atoms with Gasteiger partial charge in [0.2, 0.25) is 5.91 Å². The molecule has 0 spiro atoms. The second kappa shape index (κ2) is 8.62. The number of nitrogens with zero attached hydrogens (tertiary/aromatic N) is 4. The first kappa shape index (κ1) is 18.8. The van der Waals surface area contributed by atoms with Crippen molar-refractivity contribution < 1.29 is 14.3 Å². The summed E-state index contributed by atoms with van der Waals surface area (Å²) >= 11 is 0. The first-order chi connectivity index (χ1) is 13.1. The van der Waals surface area contributed by atoms with Crippen LogP contribution in [-0.4, -0.2) is 57.8 Å². The SMILES string of the molecule is CCC1CN(C(=O)c2cnc(OC)nc2)CCC(=O)N1Cc1ccccc1. The number of methoxy groups -OCH3 is 1. The van der Waals surface area contributed by atoms with Crippen LogP contribution in [0.3, 0.4) is 0 Å². The molecule has 1 fully saturated rings. The Labute approximate surface area is 159 Å². The van der Waals surface area contributed by atoms with Crippen LogP contribution in [0.25, 0.3) is 0 Å². The molecule has 1 aliphatic heterocycles. The summed E-state index contributed by atoms with van der Waals surface area (Å²) in [6.45, 7) is 3.50. The van der Waals surface area contributed by atoms with Gasteiger partial charge in [-0.05, 0) is 12.0 Å². The Bertz CT molecular complexity index is 780. The zero-order chi connectivity index (χ0) is 19.2. The van der Waals surface area contributed by atoms with Crippen molar-refractivity contribution in [2.75, 3.05) is 20.2 Å². The third-order valence-electron chi connectivity index (χ3n) is 4.80. The second-order valence-corrected chi connectivity index (χ2v) is 6.53. The lowest BCUT2D eigenvalue weighted by Gasteiger charge is -2.31. The maximum atomic E-state index is 12.9. The van der Waals surface area contributed by atoms with Gasteiger partial charge in [-0.15, -0.1) is 0 Å². The molecule has 0 radical (unpaired) electrons. The molecule has 1 saturated heterocycles. The normalized spacial score (nSPS) is 17.6. The van der Waals surface area contributed by atoms with Gasteiger partial charge in [0.25, 0.3) is 5.91 Å². The molecule has 3 rings (SSSR count). The number of carbonyl (C=O) groups is 2. The van der Waals surface area contributed by atoms with Gasteiger partial charge in [-0.1, -0.05) is 37.3 Å². The largest absolute Gasteiger partial charge is 0.467 e. The van der Waals surface area contributed by atoms with E-state index in [1.165, 1.54) is 19.5 Å². The van der Waals surface area contributed by atoms with Crippen LogP contribution in [0.1, 0.15) is 35.7 Å². The average molecular weight is 368 g/mol. The van der Waals surface area contributed by atoms with Crippen LogP contribution in [0.2, 0.25) is 0 Å². The van der Waals surface area contributed by atoms with E-state index in [0.717, 1.165) is 12.0 Å². The Morgan fingerprint density at radius 1 is 1.22 bits per heavy atom. The van der Waals surface area contributed by atoms with E-state index >= 15 is 0 Å². The van der Waals surface area contributed by atoms with Crippen molar-refractivity contribution in [3.8, 4) is 6.01 Å². The predicted octanol–water partition coefficient (Wildman–Crippen LogP) is 2.14. The van der Waals surface area contributed by atoms with Crippen LogP contribution < -0.4 is 4.74 Å². The topological polar surface area (TPSA) is 75.6 Å². The number of hydrogen-bond acceptors (Lipinski definition) is 5. The summed E-state index contributed by atoms with van der Waals surface area (Å²) in [5, 5.41) is 0. The first-order valence-corrected chi connectivity index (χ1v) is 9.11. The summed E-state index contributed by atoms with van der Waals surface area (Å²) in [6.07, 6.45) is 4.01. The van der Waals surface area contributed by atoms with E-state index in [-0.39, 0.29) is 23.9 Å². The van der Waals surface area contributed by atoms with Crippen molar-refractivity contribution in [3.05, 3.63) is 53.9 Å². The lowest BCUT2D eigenvalue weighted by Crippen LogP contribution is -2.43. The maximum absolute atomic E-state index is 12.9. The molecule has 1 aromatic heterocycles. The summed E-state index contributed by atoms with van der Waals surface area (Å²) in [4.78, 5) is 37.2. The van der Waals surface area contributed by atoms with E-state index in [9.17, 15) is 9.59 Å². The minimum absolute atomic E-state index is 0.0247. The number of rotatable bonds is 5. The number of carbonyl (C=O) groups excluding carboxylic acids is 2. The van der Waals surface area contributed by atoms with Crippen LogP contribution >= 0.6 is 0 Å². The lowest BCUT2D eigenvalue weighted by molar-refractivity contribution is -0.133. The highest BCUT2D eigenvalue weighted by molar-refractivity contribution is 5.94. The highest BCUT2D eigenvalue weighted by atomic mass is 16.5. The summed E-state index contributed by atoms with van der Waals surface area (Å²) in [6, 6.07) is 10.1. The van der Waals surface area contributed by atoms with Crippen LogP contribution in [0.5, 0.6) is 6.01 Å². The number of aromatic nitrogens is 2. The van der Waals surface area contributed by atoms with Gasteiger partial charge in [0.1, 0.15) is 0 Å². The number of hydrogen-bond donors (Lipinski definition) is 0. The van der Waals surface area contributed by atoms with Gasteiger partial charge in [-0.3, -0.25) is 9.59 Å². The standard InChI is InChI=1S/C20H24N4O3/c1-3-17-14-23(19(26)16-11-21-20(27-2)22-12-16)10-9-18(25)24(17)13-15-7-5-4-6-8-15/h4-8,11-12,17H,3,9-10,13-14H2,1-2H3. The third-order valence-corrected chi connectivity index (χ3v) is 4.80. The third kappa shape index (κ3) is 4.42. The number of ether oxygens (including phenoxy) is 1. The monoisotopic (exact) mass is 368 g/mol. The summed E-state index contributed by atoms with van der Waals surface area (Å²) < 4.78 is 4.94. The fourth-order valence-electron chi connectivity index (χ4n) is 3.27. The molecule has 1 atom stereocenters. The molecule has 2 aromatic rings. The highest BCUT2D eigenvalue weighted by Gasteiger charge is 2.31. The molecule has 7 heteroatoms. The Balaban J connectivity index is 1.76. The zero-order valence-electron chi connectivity index (χ0n) is 15.7. The van der Waals surface area contributed by atoms with E-state index in [1.54, 1.807) is 4.90 Å². The molecule has 1 unspecified atom stereocenters. The molecular weight excluding hydrogens is 344 g/mol. The molecule has 1 aliphatic rings. The van der Waals surface area contributed by atoms with E-state index in [4.69, 9.17) is 4.74 Å². The van der Waals surface area contributed by atoms with Gasteiger partial charge in [0.05, 0.1) is 12.7 Å². The molecule has 0 bridgehead atoms. The molecule has 2 heterocycles. The lowest BCUT2D eigenvalue weighted by atomic mass is 10.1. The number of amides is 2. The van der Waals surface area contributed by atoms with E-state index < -0.39 is 0 Å². The van der Waals surface area contributed by atoms with Crippen molar-refractivity contribution >= 4 is 11.8 Å². The van der Waals surface area contributed by atoms with Gasteiger partial charge in [0.15, 0.2) is 0 Å². The molecule has 1 aromatic carbocycles. The van der Waals surface area contributed by atoms with Gasteiger partial charge in [-0.25, -0.2) is 9.97 Å². The van der Waals surface area contributed by atoms with Crippen molar-refractivity contribution in [2.24, 2.45) is 0 Å². The summed E-state index contributed by atoms with van der Waals surface area (Å²) in [5.41, 5.74) is 1.49. The second-order valence-electron chi connectivity index (χ2n) is 6.53. The van der Waals surface area contributed by atoms with E-state index in [0.29, 0.717) is 31.6 Å². The molecule has 7 nitrogen and oxygen atoms in total. The maximum Gasteiger partial charge on any atom is 0.316 e. The molecule has 142 valence electrons. The van der Waals surface area contributed by atoms with Crippen molar-refractivity contribution in [3.63, 3.8) is 0 Å². The molecule has 27 heavy (non-hydrogen) atoms. The van der Waals surface area contributed by atoms with Crippen LogP contribution in [0, 0.1) is 0 Å². The fraction of sp³-hybridized carbons (Fsp3) is 0.400. The van der Waals surface area contributed by atoms with E-state index in [2.05, 4.69) is 9.97 Å². The Kier molecular flexibility index (Phi) is 6.01. The van der Waals surface area contributed by atoms with Crippen molar-refractivity contribution in [1.29, 1.82) is 0 Å². The smallest absolute Gasteiger partial charge is 0.316 e. The van der Waals surface area contributed by atoms with Crippen LogP contribution in [-0.2, 0) is 11.3 Å². The fourth-order valence-corrected chi connectivity index (χ4v) is 3.27. The van der Waals surface area contributed by atoms with Gasteiger partial charge in [-0.2, -0.15) is 0 Å². The quantitative estimate of drug-likeness (QED) is 0.808. The minimum Gasteiger partial charge on any atom is -0.467 e. The molecule has 0 saturated carbocycles. The molecule has 0 N–H and O–H groups in total. The molecular formula is C20H24N4O3. The highest BCUT2D eigenvalue weighted by Crippen LogP contribution is 2.19. The van der Waals surface area contributed by atoms with Crippen LogP contribution in [0.4, 0.5) is 0 Å². The van der Waals surface area contributed by atoms with Gasteiger partial charge < -0.3 is 14.5 Å². The minimum atomic E-state index is -0.162. The van der Waals surface area contributed by atoms with Crippen LogP contribution in [0.15, 0.2) is 42.7 Å². The predicted molar refractivity (Wildman–Crippen MR) is 100 cm³/mol. The average Bonchev–Trinajstić information content (AvgIpc) is 2.87. The zero-order valence-corrected chi connectivity index (χ0v) is 15.7. The summed E-state index contributed by atoms with van der Waals surface area (Å²) in [7, 11) is 1.48. The van der Waals surface area contributed by atoms with E-state index in [1.807, 2.05) is 42.2 Å². The Hall–Kier alpha value is -2.96. The number of benzene rings is 1.